The van der Waals surface area contributed by atoms with Crippen LogP contribution >= 0.6 is 11.8 Å². The molecule has 0 radical (unpaired) electrons. The van der Waals surface area contributed by atoms with Crippen LogP contribution in [0.2, 0.25) is 0 Å². The summed E-state index contributed by atoms with van der Waals surface area (Å²) in [5.74, 6) is 2.22. The van der Waals surface area contributed by atoms with Crippen LogP contribution in [0, 0.1) is 0 Å². The summed E-state index contributed by atoms with van der Waals surface area (Å²) in [5, 5.41) is 10.3. The molecular weight excluding hydrogens is 338 g/mol. The van der Waals surface area contributed by atoms with Crippen LogP contribution in [0.3, 0.4) is 0 Å². The predicted molar refractivity (Wildman–Crippen MR) is 101 cm³/mol. The topological polar surface area (TPSA) is 58.4 Å². The van der Waals surface area contributed by atoms with Crippen molar-refractivity contribution in [1.29, 1.82) is 0 Å². The molecule has 1 unspecified atom stereocenters. The van der Waals surface area contributed by atoms with Crippen molar-refractivity contribution in [3.05, 3.63) is 18.2 Å². The van der Waals surface area contributed by atoms with Crippen LogP contribution in [0.1, 0.15) is 26.7 Å². The SMILES string of the molecule is CCC(C)Sc1nnc(-c2ccc(OC)c(OC)c2)n1CCCOC. The van der Waals surface area contributed by atoms with Crippen molar-refractivity contribution in [3.8, 4) is 22.9 Å². The molecule has 1 aromatic carbocycles. The van der Waals surface area contributed by atoms with Crippen molar-refractivity contribution in [2.24, 2.45) is 0 Å². The molecule has 1 aromatic heterocycles. The lowest BCUT2D eigenvalue weighted by Gasteiger charge is -2.13. The van der Waals surface area contributed by atoms with Gasteiger partial charge in [-0.3, -0.25) is 0 Å². The molecule has 2 rings (SSSR count). The van der Waals surface area contributed by atoms with Gasteiger partial charge in [0, 0.05) is 31.1 Å². The fourth-order valence-electron chi connectivity index (χ4n) is 2.40. The van der Waals surface area contributed by atoms with E-state index in [0.717, 1.165) is 35.9 Å². The maximum absolute atomic E-state index is 5.42. The first kappa shape index (κ1) is 19.6. The Morgan fingerprint density at radius 2 is 1.88 bits per heavy atom. The standard InChI is InChI=1S/C18H27N3O3S/c1-6-13(2)25-18-20-19-17(21(18)10-7-11-22-3)14-8-9-15(23-4)16(12-14)24-5/h8-9,12-13H,6-7,10-11H2,1-5H3. The first-order valence-electron chi connectivity index (χ1n) is 8.45. The van der Waals surface area contributed by atoms with Gasteiger partial charge < -0.3 is 18.8 Å². The summed E-state index contributed by atoms with van der Waals surface area (Å²) in [6.07, 6.45) is 1.99. The summed E-state index contributed by atoms with van der Waals surface area (Å²) in [7, 11) is 4.98. The van der Waals surface area contributed by atoms with Crippen molar-refractivity contribution in [2.75, 3.05) is 27.9 Å². The largest absolute Gasteiger partial charge is 0.493 e. The van der Waals surface area contributed by atoms with E-state index in [-0.39, 0.29) is 0 Å². The molecule has 25 heavy (non-hydrogen) atoms. The van der Waals surface area contributed by atoms with Gasteiger partial charge in [0.05, 0.1) is 14.2 Å². The van der Waals surface area contributed by atoms with Crippen molar-refractivity contribution >= 4 is 11.8 Å². The van der Waals surface area contributed by atoms with Gasteiger partial charge in [0.1, 0.15) is 0 Å². The molecule has 0 N–H and O–H groups in total. The third-order valence-corrected chi connectivity index (χ3v) is 5.22. The van der Waals surface area contributed by atoms with Crippen LogP contribution < -0.4 is 9.47 Å². The molecule has 6 nitrogen and oxygen atoms in total. The van der Waals surface area contributed by atoms with Gasteiger partial charge in [0.15, 0.2) is 22.5 Å². The highest BCUT2D eigenvalue weighted by Crippen LogP contribution is 2.33. The minimum absolute atomic E-state index is 0.489. The lowest BCUT2D eigenvalue weighted by Crippen LogP contribution is -2.07. The number of methoxy groups -OCH3 is 3. The van der Waals surface area contributed by atoms with E-state index < -0.39 is 0 Å². The van der Waals surface area contributed by atoms with Crippen molar-refractivity contribution in [2.45, 2.75) is 43.6 Å². The van der Waals surface area contributed by atoms with Gasteiger partial charge in [-0.15, -0.1) is 10.2 Å². The summed E-state index contributed by atoms with van der Waals surface area (Å²) in [5.41, 5.74) is 0.957. The van der Waals surface area contributed by atoms with Gasteiger partial charge in [-0.25, -0.2) is 0 Å². The van der Waals surface area contributed by atoms with Crippen molar-refractivity contribution in [3.63, 3.8) is 0 Å². The third-order valence-electron chi connectivity index (χ3n) is 3.97. The maximum Gasteiger partial charge on any atom is 0.191 e. The minimum Gasteiger partial charge on any atom is -0.493 e. The summed E-state index contributed by atoms with van der Waals surface area (Å²) >= 11 is 1.75. The number of nitrogens with zero attached hydrogens (tertiary/aromatic N) is 3. The van der Waals surface area contributed by atoms with Crippen LogP contribution in [0.4, 0.5) is 0 Å². The average molecular weight is 365 g/mol. The zero-order chi connectivity index (χ0) is 18.2. The molecule has 2 aromatic rings. The molecule has 0 aliphatic rings. The summed E-state index contributed by atoms with van der Waals surface area (Å²) in [4.78, 5) is 0. The second-order valence-corrected chi connectivity index (χ2v) is 7.12. The lowest BCUT2D eigenvalue weighted by atomic mass is 10.2. The van der Waals surface area contributed by atoms with Gasteiger partial charge in [0.2, 0.25) is 0 Å². The highest BCUT2D eigenvalue weighted by Gasteiger charge is 2.17. The summed E-state index contributed by atoms with van der Waals surface area (Å²) in [6, 6.07) is 5.81. The van der Waals surface area contributed by atoms with E-state index in [4.69, 9.17) is 14.2 Å². The highest BCUT2D eigenvalue weighted by atomic mass is 32.2. The van der Waals surface area contributed by atoms with E-state index in [1.165, 1.54) is 0 Å². The fraction of sp³-hybridized carbons (Fsp3) is 0.556. The lowest BCUT2D eigenvalue weighted by molar-refractivity contribution is 0.189. The van der Waals surface area contributed by atoms with Crippen LogP contribution in [0.5, 0.6) is 11.5 Å². The van der Waals surface area contributed by atoms with Gasteiger partial charge >= 0.3 is 0 Å². The molecule has 0 spiro atoms. The molecule has 7 heteroatoms. The molecule has 0 aliphatic carbocycles. The van der Waals surface area contributed by atoms with Crippen LogP contribution in [-0.2, 0) is 11.3 Å². The Hall–Kier alpha value is -1.73. The second-order valence-electron chi connectivity index (χ2n) is 5.71. The molecule has 1 heterocycles. The fourth-order valence-corrected chi connectivity index (χ4v) is 3.32. The normalized spacial score (nSPS) is 12.2. The molecule has 0 bridgehead atoms. The molecule has 0 saturated carbocycles. The molecule has 0 amide bonds. The Bertz CT molecular complexity index is 676. The maximum atomic E-state index is 5.42. The van der Waals surface area contributed by atoms with Gasteiger partial charge in [-0.2, -0.15) is 0 Å². The van der Waals surface area contributed by atoms with E-state index in [9.17, 15) is 0 Å². The van der Waals surface area contributed by atoms with Crippen LogP contribution in [0.15, 0.2) is 23.4 Å². The number of ether oxygens (including phenoxy) is 3. The molecule has 1 atom stereocenters. The van der Waals surface area contributed by atoms with Gasteiger partial charge in [-0.05, 0) is 31.0 Å². The van der Waals surface area contributed by atoms with E-state index in [0.29, 0.717) is 23.4 Å². The number of thioether (sulfide) groups is 1. The predicted octanol–water partition coefficient (Wildman–Crippen LogP) is 3.89. The Morgan fingerprint density at radius 1 is 1.12 bits per heavy atom. The molecular formula is C18H27N3O3S. The van der Waals surface area contributed by atoms with Crippen LogP contribution in [0.25, 0.3) is 11.4 Å². The number of hydrogen-bond donors (Lipinski definition) is 0. The van der Waals surface area contributed by atoms with E-state index in [2.05, 4.69) is 28.6 Å². The first-order valence-corrected chi connectivity index (χ1v) is 9.33. The Kier molecular flexibility index (Phi) is 7.58. The van der Waals surface area contributed by atoms with Crippen LogP contribution in [-0.4, -0.2) is 48.0 Å². The third kappa shape index (κ3) is 4.89. The van der Waals surface area contributed by atoms with E-state index in [1.54, 1.807) is 33.1 Å². The second kappa shape index (κ2) is 9.68. The molecule has 0 fully saturated rings. The smallest absolute Gasteiger partial charge is 0.191 e. The zero-order valence-corrected chi connectivity index (χ0v) is 16.4. The van der Waals surface area contributed by atoms with Crippen molar-refractivity contribution in [1.82, 2.24) is 14.8 Å². The van der Waals surface area contributed by atoms with E-state index >= 15 is 0 Å². The Balaban J connectivity index is 2.38. The van der Waals surface area contributed by atoms with E-state index in [1.807, 2.05) is 18.2 Å². The molecule has 138 valence electrons. The van der Waals surface area contributed by atoms with Crippen molar-refractivity contribution < 1.29 is 14.2 Å². The summed E-state index contributed by atoms with van der Waals surface area (Å²) < 4.78 is 18.1. The quantitative estimate of drug-likeness (QED) is 0.470. The Morgan fingerprint density at radius 3 is 2.52 bits per heavy atom. The number of rotatable bonds is 10. The number of benzene rings is 1. The summed E-state index contributed by atoms with van der Waals surface area (Å²) in [6.45, 7) is 5.90. The molecule has 0 saturated heterocycles. The highest BCUT2D eigenvalue weighted by molar-refractivity contribution is 7.99. The first-order chi connectivity index (χ1) is 12.1. The number of aromatic nitrogens is 3. The van der Waals surface area contributed by atoms with Gasteiger partial charge in [0.25, 0.3) is 0 Å². The van der Waals surface area contributed by atoms with Gasteiger partial charge in [-0.1, -0.05) is 25.6 Å². The minimum atomic E-state index is 0.489. The average Bonchev–Trinajstić information content (AvgIpc) is 3.03. The molecule has 0 aliphatic heterocycles. The number of hydrogen-bond acceptors (Lipinski definition) is 6. The monoisotopic (exact) mass is 365 g/mol. The zero-order valence-electron chi connectivity index (χ0n) is 15.6. The Labute approximate surface area is 153 Å².